The van der Waals surface area contributed by atoms with Gasteiger partial charge in [0.25, 0.3) is 0 Å². The summed E-state index contributed by atoms with van der Waals surface area (Å²) in [6.07, 6.45) is 0. The maximum atomic E-state index is 14.1. The van der Waals surface area contributed by atoms with Crippen molar-refractivity contribution < 1.29 is 13.9 Å². The van der Waals surface area contributed by atoms with Crippen molar-refractivity contribution in [2.24, 2.45) is 5.84 Å². The van der Waals surface area contributed by atoms with Crippen LogP contribution >= 0.6 is 11.6 Å². The molecule has 21 heavy (non-hydrogen) atoms. The minimum atomic E-state index is -0.593. The maximum absolute atomic E-state index is 14.1. The fourth-order valence-electron chi connectivity index (χ4n) is 2.14. The lowest BCUT2D eigenvalue weighted by molar-refractivity contribution is 0.387. The zero-order valence-corrected chi connectivity index (χ0v) is 12.4. The van der Waals surface area contributed by atoms with Crippen LogP contribution in [0.1, 0.15) is 17.2 Å². The van der Waals surface area contributed by atoms with Crippen LogP contribution in [-0.2, 0) is 0 Å². The second-order valence-electron chi connectivity index (χ2n) is 4.37. The van der Waals surface area contributed by atoms with Gasteiger partial charge in [0.05, 0.1) is 20.3 Å². The molecule has 2 aromatic carbocycles. The molecule has 0 amide bonds. The van der Waals surface area contributed by atoms with E-state index in [0.717, 1.165) is 0 Å². The fraction of sp³-hybridized carbons (Fsp3) is 0.200. The lowest BCUT2D eigenvalue weighted by atomic mass is 9.97. The van der Waals surface area contributed by atoms with E-state index >= 15 is 0 Å². The first-order valence-electron chi connectivity index (χ1n) is 6.23. The molecule has 0 fully saturated rings. The van der Waals surface area contributed by atoms with Gasteiger partial charge in [0.1, 0.15) is 17.3 Å². The third-order valence-corrected chi connectivity index (χ3v) is 3.42. The summed E-state index contributed by atoms with van der Waals surface area (Å²) in [7, 11) is 3.09. The van der Waals surface area contributed by atoms with Gasteiger partial charge in [-0.15, -0.1) is 0 Å². The van der Waals surface area contributed by atoms with Gasteiger partial charge in [-0.25, -0.2) is 9.82 Å². The third kappa shape index (κ3) is 3.26. The molecule has 0 saturated carbocycles. The lowest BCUT2D eigenvalue weighted by Gasteiger charge is -2.20. The third-order valence-electron chi connectivity index (χ3n) is 3.19. The Hall–Kier alpha value is -1.82. The lowest BCUT2D eigenvalue weighted by Crippen LogP contribution is -2.29. The molecule has 2 aromatic rings. The molecule has 0 aliphatic heterocycles. The molecule has 4 nitrogen and oxygen atoms in total. The van der Waals surface area contributed by atoms with Crippen LogP contribution in [0.5, 0.6) is 11.5 Å². The SMILES string of the molecule is COc1ccc(C(NN)c2cc(Cl)ccc2F)c(OC)c1. The van der Waals surface area contributed by atoms with Crippen LogP contribution in [0.25, 0.3) is 0 Å². The van der Waals surface area contributed by atoms with Gasteiger partial charge in [-0.05, 0) is 30.3 Å². The molecule has 1 atom stereocenters. The van der Waals surface area contributed by atoms with Crippen molar-refractivity contribution in [3.8, 4) is 11.5 Å². The molecule has 0 aliphatic carbocycles. The van der Waals surface area contributed by atoms with Crippen molar-refractivity contribution in [3.63, 3.8) is 0 Å². The number of halogens is 2. The number of ether oxygens (including phenoxy) is 2. The predicted molar refractivity (Wildman–Crippen MR) is 80.1 cm³/mol. The Morgan fingerprint density at radius 1 is 1.10 bits per heavy atom. The Bertz CT molecular complexity index is 637. The number of nitrogens with two attached hydrogens (primary N) is 1. The molecule has 0 bridgehead atoms. The second kappa shape index (κ2) is 6.76. The monoisotopic (exact) mass is 310 g/mol. The van der Waals surface area contributed by atoms with Gasteiger partial charge in [-0.1, -0.05) is 11.6 Å². The molecular weight excluding hydrogens is 295 g/mol. The van der Waals surface area contributed by atoms with Gasteiger partial charge in [-0.2, -0.15) is 0 Å². The normalized spacial score (nSPS) is 12.0. The molecule has 0 aliphatic rings. The van der Waals surface area contributed by atoms with Gasteiger partial charge in [0.15, 0.2) is 0 Å². The molecule has 0 aromatic heterocycles. The van der Waals surface area contributed by atoms with E-state index in [1.165, 1.54) is 25.3 Å². The second-order valence-corrected chi connectivity index (χ2v) is 4.81. The molecule has 0 radical (unpaired) electrons. The average Bonchev–Trinajstić information content (AvgIpc) is 2.51. The summed E-state index contributed by atoms with van der Waals surface area (Å²) in [6.45, 7) is 0. The van der Waals surface area contributed by atoms with E-state index in [4.69, 9.17) is 26.9 Å². The van der Waals surface area contributed by atoms with Crippen LogP contribution in [0.3, 0.4) is 0 Å². The molecule has 0 heterocycles. The van der Waals surface area contributed by atoms with Gasteiger partial charge in [0, 0.05) is 22.2 Å². The van der Waals surface area contributed by atoms with Gasteiger partial charge in [0.2, 0.25) is 0 Å². The van der Waals surface area contributed by atoms with Crippen LogP contribution in [0.15, 0.2) is 36.4 Å². The first-order valence-corrected chi connectivity index (χ1v) is 6.61. The number of hydrogen-bond donors (Lipinski definition) is 2. The minimum absolute atomic E-state index is 0.341. The topological polar surface area (TPSA) is 56.5 Å². The summed E-state index contributed by atoms with van der Waals surface area (Å²) in [4.78, 5) is 0. The highest BCUT2D eigenvalue weighted by Crippen LogP contribution is 2.34. The minimum Gasteiger partial charge on any atom is -0.497 e. The Balaban J connectivity index is 2.53. The van der Waals surface area contributed by atoms with Crippen molar-refractivity contribution in [2.45, 2.75) is 6.04 Å². The largest absolute Gasteiger partial charge is 0.497 e. The Kier molecular flexibility index (Phi) is 5.01. The quantitative estimate of drug-likeness (QED) is 0.658. The summed E-state index contributed by atoms with van der Waals surface area (Å²) < 4.78 is 24.5. The molecule has 0 spiro atoms. The fourth-order valence-corrected chi connectivity index (χ4v) is 2.32. The summed E-state index contributed by atoms with van der Waals surface area (Å²) in [5.74, 6) is 6.38. The summed E-state index contributed by atoms with van der Waals surface area (Å²) in [5.41, 5.74) is 3.62. The molecule has 0 saturated heterocycles. The Morgan fingerprint density at radius 2 is 1.86 bits per heavy atom. The summed E-state index contributed by atoms with van der Waals surface area (Å²) >= 11 is 5.94. The number of rotatable bonds is 5. The van der Waals surface area contributed by atoms with Crippen molar-refractivity contribution >= 4 is 11.6 Å². The van der Waals surface area contributed by atoms with Crippen LogP contribution in [0.4, 0.5) is 4.39 Å². The van der Waals surface area contributed by atoms with E-state index in [1.54, 1.807) is 25.3 Å². The van der Waals surface area contributed by atoms with Crippen LogP contribution in [0.2, 0.25) is 5.02 Å². The summed E-state index contributed by atoms with van der Waals surface area (Å²) in [5, 5.41) is 0.430. The van der Waals surface area contributed by atoms with Crippen LogP contribution < -0.4 is 20.7 Å². The smallest absolute Gasteiger partial charge is 0.128 e. The van der Waals surface area contributed by atoms with Crippen LogP contribution in [-0.4, -0.2) is 14.2 Å². The van der Waals surface area contributed by atoms with E-state index in [1.807, 2.05) is 0 Å². The number of nitrogens with one attached hydrogen (secondary N) is 1. The number of benzene rings is 2. The van der Waals surface area contributed by atoms with E-state index in [0.29, 0.717) is 27.6 Å². The zero-order chi connectivity index (χ0) is 15.4. The average molecular weight is 311 g/mol. The van der Waals surface area contributed by atoms with E-state index in [-0.39, 0.29) is 0 Å². The highest BCUT2D eigenvalue weighted by molar-refractivity contribution is 6.30. The maximum Gasteiger partial charge on any atom is 0.128 e. The molecule has 2 rings (SSSR count). The molecule has 1 unspecified atom stereocenters. The van der Waals surface area contributed by atoms with Crippen molar-refractivity contribution in [1.82, 2.24) is 5.43 Å². The highest BCUT2D eigenvalue weighted by atomic mass is 35.5. The molecule has 6 heteroatoms. The van der Waals surface area contributed by atoms with E-state index < -0.39 is 11.9 Å². The van der Waals surface area contributed by atoms with Crippen molar-refractivity contribution in [1.29, 1.82) is 0 Å². The Labute approximate surface area is 127 Å². The van der Waals surface area contributed by atoms with E-state index in [9.17, 15) is 4.39 Å². The van der Waals surface area contributed by atoms with Crippen molar-refractivity contribution in [2.75, 3.05) is 14.2 Å². The van der Waals surface area contributed by atoms with Crippen molar-refractivity contribution in [3.05, 3.63) is 58.4 Å². The first kappa shape index (κ1) is 15.6. The van der Waals surface area contributed by atoms with Gasteiger partial charge in [-0.3, -0.25) is 5.84 Å². The first-order chi connectivity index (χ1) is 10.1. The number of hydrogen-bond acceptors (Lipinski definition) is 4. The summed E-state index contributed by atoms with van der Waals surface area (Å²) in [6, 6.07) is 8.96. The highest BCUT2D eigenvalue weighted by Gasteiger charge is 2.21. The Morgan fingerprint density at radius 3 is 2.48 bits per heavy atom. The standard InChI is InChI=1S/C15H16ClFN2O2/c1-20-10-4-5-11(14(8-10)21-2)15(19-18)12-7-9(16)3-6-13(12)17/h3-8,15,19H,18H2,1-2H3. The zero-order valence-electron chi connectivity index (χ0n) is 11.7. The number of methoxy groups -OCH3 is 2. The van der Waals surface area contributed by atoms with E-state index in [2.05, 4.69) is 5.43 Å². The van der Waals surface area contributed by atoms with Gasteiger partial charge < -0.3 is 9.47 Å². The molecule has 112 valence electrons. The molecule has 3 N–H and O–H groups in total. The number of hydrazine groups is 1. The van der Waals surface area contributed by atoms with Crippen LogP contribution in [0, 0.1) is 5.82 Å². The van der Waals surface area contributed by atoms with Gasteiger partial charge >= 0.3 is 0 Å². The molecular formula is C15H16ClFN2O2. The predicted octanol–water partition coefficient (Wildman–Crippen LogP) is 3.05.